The zero-order chi connectivity index (χ0) is 99.0. The van der Waals surface area contributed by atoms with Gasteiger partial charge >= 0.3 is 30.9 Å². The molecule has 6 aliphatic rings. The van der Waals surface area contributed by atoms with E-state index in [0.717, 1.165) is 88.9 Å². The highest BCUT2D eigenvalue weighted by Gasteiger charge is 2.73. The number of halogens is 15. The number of benzene rings is 9. The van der Waals surface area contributed by atoms with Gasteiger partial charge in [-0.1, -0.05) is 116 Å². The molecular formula is C98H83F15N8O17. The molecule has 0 aliphatic carbocycles. The first-order valence-corrected chi connectivity index (χ1v) is 41.2. The van der Waals surface area contributed by atoms with E-state index in [4.69, 9.17) is 4.74 Å². The van der Waals surface area contributed by atoms with Crippen LogP contribution in [0.1, 0.15) is 252 Å². The largest absolute Gasteiger partial charge is 0.457 e. The number of aromatic nitrogens is 2. The van der Waals surface area contributed by atoms with E-state index < -0.39 is 178 Å². The maximum Gasteiger partial charge on any atom is 0.418 e. The van der Waals surface area contributed by atoms with Crippen LogP contribution < -0.4 is 31.9 Å². The fourth-order valence-electron chi connectivity index (χ4n) is 17.0. The molecule has 1 atom stereocenters. The van der Waals surface area contributed by atoms with Crippen LogP contribution in [0, 0.1) is 6.92 Å². The van der Waals surface area contributed by atoms with Gasteiger partial charge in [0.1, 0.15) is 16.9 Å². The summed E-state index contributed by atoms with van der Waals surface area (Å²) in [6.07, 6.45) is -24.3. The van der Waals surface area contributed by atoms with E-state index >= 15 is 0 Å². The number of carbonyl (C=O) groups excluding carboxylic acids is 12. The third kappa shape index (κ3) is 16.8. The van der Waals surface area contributed by atoms with Gasteiger partial charge in [-0.2, -0.15) is 65.9 Å². The Labute approximate surface area is 773 Å². The highest BCUT2D eigenvalue weighted by Crippen LogP contribution is 2.58. The maximum absolute atomic E-state index is 14.9. The molecule has 0 bridgehead atoms. The number of nitrogens with zero attached hydrogens (tertiary/aromatic N) is 8. The van der Waals surface area contributed by atoms with Crippen molar-refractivity contribution in [2.45, 2.75) is 144 Å². The number of amides is 12. The predicted molar refractivity (Wildman–Crippen MR) is 473 cm³/mol. The van der Waals surface area contributed by atoms with Gasteiger partial charge in [-0.25, -0.2) is 4.90 Å². The van der Waals surface area contributed by atoms with Gasteiger partial charge in [-0.3, -0.25) is 110 Å². The van der Waals surface area contributed by atoms with Gasteiger partial charge in [-0.05, 0) is 176 Å². The molecule has 0 fully saturated rings. The van der Waals surface area contributed by atoms with Crippen LogP contribution in [0.2, 0.25) is 0 Å². The van der Waals surface area contributed by atoms with Gasteiger partial charge in [0.05, 0.1) is 105 Å². The van der Waals surface area contributed by atoms with Crippen LogP contribution in [0.25, 0.3) is 32.7 Å². The quantitative estimate of drug-likeness (QED) is 0.0604. The molecular weight excluding hydrogens is 1850 g/mol. The van der Waals surface area contributed by atoms with Crippen LogP contribution in [0.4, 0.5) is 71.5 Å². The Morgan fingerprint density at radius 2 is 0.572 bits per heavy atom. The molecule has 25 nitrogen and oxygen atoms in total. The standard InChI is InChI=1S/C33H20F6N2O5.C24H21F3N2O4.C21H18N2O4.C17H12F6N2O4.3CH4/c1-17-3-9-21(10-4-17)46-22-11-7-20(8-12-22)41-29(44)24-14-6-19(16-26(24)30(41)45)31(32(34,35)36,33(37,38)39)18-5-13-23-25(15-18)28(43)40(2)27(23)42;1-4-5-10-29-21(32)16-9-7-14(12-18(16)22(29)33)23(2,24(25,26)27)13-6-8-15-17(11-13)20(31)28(3)19(15)30;1-3-4-9-23-20(26)15-8-6-13(11-17(15)21(23)27)12-5-7-14-16(10-12)19(25)22(2)18(14)24;1-3-4-5-25-14(28)8-9(15(25)29)11(17(21,22)23)7-6(10(8)16(18,19)20)12(26)24(2)13(7)27;;;/h3-16H,1-2H3;6-9,11-12H,4-5,10H2,1-3H3;5-8,10-11H,3-4,9H2,1-2H3;3-5H2,1-2H3;3*1H4. The van der Waals surface area contributed by atoms with Gasteiger partial charge in [0.25, 0.3) is 93.1 Å². The van der Waals surface area contributed by atoms with Crippen molar-refractivity contribution < 1.29 is 128 Å². The molecule has 0 N–H and O–H groups in total. The zero-order valence-corrected chi connectivity index (χ0v) is 72.1. The molecule has 0 radical (unpaired) electrons. The number of ether oxygens (including phenoxy) is 1. The molecule has 6 aliphatic heterocycles. The van der Waals surface area contributed by atoms with Crippen molar-refractivity contribution in [3.05, 3.63) is 305 Å². The Morgan fingerprint density at radius 3 is 0.928 bits per heavy atom. The second-order valence-electron chi connectivity index (χ2n) is 32.6. The molecule has 8 heterocycles. The average molecular weight is 1930 g/mol. The van der Waals surface area contributed by atoms with Crippen LogP contribution in [0.15, 0.2) is 177 Å². The number of unbranched alkanes of at least 4 members (excludes halogenated alkanes) is 3. The first kappa shape index (κ1) is 103. The van der Waals surface area contributed by atoms with Crippen LogP contribution in [-0.2, 0) is 36.8 Å². The lowest BCUT2D eigenvalue weighted by atomic mass is 9.71. The topological polar surface area (TPSA) is 312 Å². The molecule has 11 aromatic rings. The summed E-state index contributed by atoms with van der Waals surface area (Å²) in [7, 11) is 4.48. The zero-order valence-electron chi connectivity index (χ0n) is 72.1. The minimum absolute atomic E-state index is 0. The molecule has 138 heavy (non-hydrogen) atoms. The summed E-state index contributed by atoms with van der Waals surface area (Å²) in [4.78, 5) is 206. The summed E-state index contributed by atoms with van der Waals surface area (Å²) in [6, 6.07) is 33.1. The maximum atomic E-state index is 14.9. The van der Waals surface area contributed by atoms with Gasteiger partial charge < -0.3 is 4.74 Å². The Morgan fingerprint density at radius 1 is 0.297 bits per heavy atom. The van der Waals surface area contributed by atoms with E-state index in [1.165, 1.54) is 67.5 Å². The second kappa shape index (κ2) is 37.2. The number of imide groups is 6. The molecule has 12 amide bonds. The minimum Gasteiger partial charge on any atom is -0.457 e. The third-order valence-corrected chi connectivity index (χ3v) is 24.4. The van der Waals surface area contributed by atoms with E-state index in [9.17, 15) is 143 Å². The Hall–Kier alpha value is -15.2. The van der Waals surface area contributed by atoms with Crippen LogP contribution in [0.3, 0.4) is 0 Å². The van der Waals surface area contributed by atoms with E-state index in [2.05, 4.69) is 0 Å². The number of rotatable bonds is 17. The summed E-state index contributed by atoms with van der Waals surface area (Å²) in [6.45, 7) is 8.62. The number of hydrogen-bond acceptors (Lipinski definition) is 17. The lowest BCUT2D eigenvalue weighted by Gasteiger charge is -2.38. The van der Waals surface area contributed by atoms with E-state index in [-0.39, 0.29) is 113 Å². The molecule has 0 saturated heterocycles. The minimum atomic E-state index is -6.05. The normalized spacial score (nSPS) is 15.0. The molecule has 0 spiro atoms. The third-order valence-electron chi connectivity index (χ3n) is 24.4. The summed E-state index contributed by atoms with van der Waals surface area (Å²) in [5.74, 6) is -6.78. The number of hydrogen-bond donors (Lipinski definition) is 0. The van der Waals surface area contributed by atoms with E-state index in [1.807, 2.05) is 32.9 Å². The Kier molecular flexibility index (Phi) is 27.8. The summed E-state index contributed by atoms with van der Waals surface area (Å²) >= 11 is 0. The molecule has 0 saturated carbocycles. The molecule has 17 rings (SSSR count). The van der Waals surface area contributed by atoms with Crippen molar-refractivity contribution >= 4 is 98.1 Å². The number of anilines is 1. The van der Waals surface area contributed by atoms with Crippen molar-refractivity contribution in [3.8, 4) is 22.6 Å². The van der Waals surface area contributed by atoms with Crippen molar-refractivity contribution in [2.24, 2.45) is 7.05 Å². The van der Waals surface area contributed by atoms with Gasteiger partial charge in [-0.15, -0.1) is 0 Å². The Bertz CT molecular complexity index is 7110. The van der Waals surface area contributed by atoms with Gasteiger partial charge in [0, 0.05) is 47.8 Å². The second-order valence-corrected chi connectivity index (χ2v) is 32.6. The fourth-order valence-corrected chi connectivity index (χ4v) is 17.0. The van der Waals surface area contributed by atoms with E-state index in [0.29, 0.717) is 94.3 Å². The smallest absolute Gasteiger partial charge is 0.418 e. The van der Waals surface area contributed by atoms with Crippen molar-refractivity contribution in [1.82, 2.24) is 33.6 Å². The molecule has 40 heteroatoms. The van der Waals surface area contributed by atoms with Crippen molar-refractivity contribution in [1.29, 1.82) is 0 Å². The van der Waals surface area contributed by atoms with Gasteiger partial charge in [0.15, 0.2) is 0 Å². The number of aryl methyl sites for hydroxylation is 1. The molecule has 722 valence electrons. The molecule has 1 unspecified atom stereocenters. The number of fused-ring (bicyclic) bond motifs is 8. The molecule has 2 aromatic heterocycles. The van der Waals surface area contributed by atoms with Crippen LogP contribution in [-0.4, -0.2) is 157 Å². The Balaban J connectivity index is 0.000000179. The van der Waals surface area contributed by atoms with Crippen molar-refractivity contribution in [3.63, 3.8) is 0 Å². The fraction of sp³-hybridized carbons (Fsp3) is 0.286. The lowest BCUT2D eigenvalue weighted by Crippen LogP contribution is -2.55. The van der Waals surface area contributed by atoms with Crippen LogP contribution >= 0.6 is 0 Å². The van der Waals surface area contributed by atoms with Crippen molar-refractivity contribution in [2.75, 3.05) is 39.1 Å². The van der Waals surface area contributed by atoms with Gasteiger partial charge in [0.2, 0.25) is 5.41 Å². The molecule has 9 aromatic carbocycles. The number of alkyl halides is 15. The summed E-state index contributed by atoms with van der Waals surface area (Å²) in [5.41, 5.74) is -19.1. The SMILES string of the molecule is C.C.C.CCCCN1C(=O)c2ccc(-c3ccc4c(c3)C(=O)N(C)C4=O)cc2C1=O.CCCCN1C(=O)c2ccc(C(C)(c3ccc4c(c3)C(=O)N(C)C4=O)C(F)(F)F)cc2C1=O.CCCCn1c(=O)c2c(C(F)(F)F)c3c(=O)n(C)c(=O)c3c(C(F)(F)F)c2c1=O.Cc1ccc(Oc2ccc(N3C(=O)c4ccc(C(c5ccc6c(c5)C(=O)N(C)C6=O)(C(F)(F)F)C(F)(F)F)cc4C3=O)cc2)cc1. The number of carbonyl (C=O) groups is 12. The highest BCUT2D eigenvalue weighted by atomic mass is 19.4. The predicted octanol–water partition coefficient (Wildman–Crippen LogP) is 18.6. The highest BCUT2D eigenvalue weighted by molar-refractivity contribution is 6.35. The first-order valence-electron chi connectivity index (χ1n) is 41.2. The van der Waals surface area contributed by atoms with E-state index in [1.54, 1.807) is 55.5 Å². The summed E-state index contributed by atoms with van der Waals surface area (Å²) in [5, 5.41) is -6.20. The lowest BCUT2D eigenvalue weighted by molar-refractivity contribution is -0.288. The first-order chi connectivity index (χ1) is 63.2. The average Bonchev–Trinajstić information content (AvgIpc) is 1.44. The monoisotopic (exact) mass is 1930 g/mol. The van der Waals surface area contributed by atoms with Crippen LogP contribution in [0.5, 0.6) is 11.5 Å². The summed E-state index contributed by atoms with van der Waals surface area (Å²) < 4.78 is 222.